The van der Waals surface area contributed by atoms with E-state index in [4.69, 9.17) is 9.47 Å². The first-order valence-electron chi connectivity index (χ1n) is 11.9. The van der Waals surface area contributed by atoms with Crippen LogP contribution in [0, 0.1) is 0 Å². The Kier molecular flexibility index (Phi) is 12.4. The number of hydrogen-bond donors (Lipinski definition) is 3. The van der Waals surface area contributed by atoms with Crippen LogP contribution in [0.2, 0.25) is 0 Å². The molecule has 0 fully saturated rings. The van der Waals surface area contributed by atoms with Gasteiger partial charge in [0.1, 0.15) is 18.0 Å². The average Bonchev–Trinajstić information content (AvgIpc) is 3.15. The standard InChI is InChI=1S/C16H17NO2.C8H17NO2.C3H8/c1-2-11(18)10-19-15-9-5-8-14-16(15)12-6-3-4-7-13(12)17-14;1-5-6-9-7(10)11-8(2,3)4;1-3-2/h3-9,11,17-18H,2,10H2,1H3;5-6H2,1-4H3,(H,9,10);3H2,1-2H3. The van der Waals surface area contributed by atoms with E-state index in [9.17, 15) is 9.90 Å². The summed E-state index contributed by atoms with van der Waals surface area (Å²) in [6.45, 7) is 14.7. The third-order valence-electron chi connectivity index (χ3n) is 4.31. The molecular weight excluding hydrogens is 416 g/mol. The van der Waals surface area contributed by atoms with Crippen LogP contribution in [0.15, 0.2) is 42.5 Å². The van der Waals surface area contributed by atoms with E-state index in [2.05, 4.69) is 36.3 Å². The Bertz CT molecular complexity index is 960. The minimum atomic E-state index is -0.416. The molecule has 6 heteroatoms. The number of aliphatic hydroxyl groups excluding tert-OH is 1. The van der Waals surface area contributed by atoms with Crippen molar-refractivity contribution in [3.63, 3.8) is 0 Å². The van der Waals surface area contributed by atoms with Gasteiger partial charge in [-0.05, 0) is 51.8 Å². The first kappa shape index (κ1) is 28.3. The second-order valence-electron chi connectivity index (χ2n) is 8.86. The normalized spacial score (nSPS) is 11.6. The van der Waals surface area contributed by atoms with Crippen LogP contribution in [0.3, 0.4) is 0 Å². The van der Waals surface area contributed by atoms with E-state index in [-0.39, 0.29) is 6.09 Å². The smallest absolute Gasteiger partial charge is 0.407 e. The molecule has 0 aliphatic heterocycles. The number of aromatic nitrogens is 1. The van der Waals surface area contributed by atoms with Crippen LogP contribution < -0.4 is 10.1 Å². The number of para-hydroxylation sites is 1. The fourth-order valence-corrected chi connectivity index (χ4v) is 2.83. The first-order valence-corrected chi connectivity index (χ1v) is 11.9. The number of H-pyrrole nitrogens is 1. The molecule has 1 amide bonds. The first-order chi connectivity index (χ1) is 15.7. The largest absolute Gasteiger partial charge is 0.490 e. The zero-order valence-electron chi connectivity index (χ0n) is 21.3. The van der Waals surface area contributed by atoms with Gasteiger partial charge in [-0.2, -0.15) is 0 Å². The second-order valence-corrected chi connectivity index (χ2v) is 8.86. The third-order valence-corrected chi connectivity index (χ3v) is 4.31. The van der Waals surface area contributed by atoms with Gasteiger partial charge in [0.15, 0.2) is 0 Å². The molecule has 33 heavy (non-hydrogen) atoms. The van der Waals surface area contributed by atoms with Crippen LogP contribution in [-0.4, -0.2) is 41.0 Å². The molecule has 1 unspecified atom stereocenters. The predicted octanol–water partition coefficient (Wildman–Crippen LogP) is 6.81. The number of aliphatic hydroxyl groups is 1. The zero-order chi connectivity index (χ0) is 24.9. The third kappa shape index (κ3) is 10.2. The van der Waals surface area contributed by atoms with Crippen LogP contribution in [0.4, 0.5) is 4.79 Å². The molecule has 0 aliphatic carbocycles. The fraction of sp³-hybridized carbons (Fsp3) is 0.519. The predicted molar refractivity (Wildman–Crippen MR) is 138 cm³/mol. The molecule has 0 bridgehead atoms. The number of amides is 1. The molecular formula is C27H42N2O4. The summed E-state index contributed by atoms with van der Waals surface area (Å²) in [5, 5.41) is 14.5. The van der Waals surface area contributed by atoms with Gasteiger partial charge < -0.3 is 24.9 Å². The number of rotatable bonds is 6. The van der Waals surface area contributed by atoms with E-state index in [1.807, 2.05) is 65.0 Å². The molecule has 184 valence electrons. The van der Waals surface area contributed by atoms with Crippen molar-refractivity contribution in [2.75, 3.05) is 13.2 Å². The van der Waals surface area contributed by atoms with Crippen LogP contribution in [-0.2, 0) is 4.74 Å². The van der Waals surface area contributed by atoms with Gasteiger partial charge in [-0.15, -0.1) is 0 Å². The number of carbonyl (C=O) groups is 1. The number of hydrogen-bond acceptors (Lipinski definition) is 4. The van der Waals surface area contributed by atoms with Gasteiger partial charge in [-0.1, -0.05) is 58.4 Å². The van der Waals surface area contributed by atoms with Crippen molar-refractivity contribution in [1.82, 2.24) is 10.3 Å². The summed E-state index contributed by atoms with van der Waals surface area (Å²) < 4.78 is 10.8. The van der Waals surface area contributed by atoms with Crippen molar-refractivity contribution in [2.24, 2.45) is 0 Å². The van der Waals surface area contributed by atoms with Crippen LogP contribution in [0.1, 0.15) is 67.7 Å². The Hall–Kier alpha value is -2.73. The van der Waals surface area contributed by atoms with E-state index in [0.29, 0.717) is 19.6 Å². The molecule has 0 aliphatic rings. The van der Waals surface area contributed by atoms with Gasteiger partial charge in [0.05, 0.1) is 11.6 Å². The van der Waals surface area contributed by atoms with Gasteiger partial charge in [-0.25, -0.2) is 4.79 Å². The summed E-state index contributed by atoms with van der Waals surface area (Å²) in [5.74, 6) is 0.822. The average molecular weight is 459 g/mol. The number of ether oxygens (including phenoxy) is 2. The Balaban J connectivity index is 0.000000333. The highest BCUT2D eigenvalue weighted by atomic mass is 16.6. The number of nitrogens with one attached hydrogen (secondary N) is 2. The van der Waals surface area contributed by atoms with E-state index < -0.39 is 11.7 Å². The number of fused-ring (bicyclic) bond motifs is 3. The molecule has 0 spiro atoms. The highest BCUT2D eigenvalue weighted by molar-refractivity contribution is 6.10. The number of aromatic amines is 1. The Morgan fingerprint density at radius 3 is 2.27 bits per heavy atom. The van der Waals surface area contributed by atoms with Crippen molar-refractivity contribution >= 4 is 27.9 Å². The topological polar surface area (TPSA) is 83.6 Å². The maximum atomic E-state index is 10.9. The lowest BCUT2D eigenvalue weighted by atomic mass is 10.1. The monoisotopic (exact) mass is 458 g/mol. The summed E-state index contributed by atoms with van der Waals surface area (Å²) in [7, 11) is 0. The zero-order valence-corrected chi connectivity index (χ0v) is 21.3. The van der Waals surface area contributed by atoms with E-state index in [0.717, 1.165) is 34.0 Å². The molecule has 1 aromatic heterocycles. The van der Waals surface area contributed by atoms with Gasteiger partial charge in [0.25, 0.3) is 0 Å². The van der Waals surface area contributed by atoms with Crippen LogP contribution in [0.5, 0.6) is 5.75 Å². The van der Waals surface area contributed by atoms with Crippen molar-refractivity contribution in [1.29, 1.82) is 0 Å². The van der Waals surface area contributed by atoms with Crippen LogP contribution in [0.25, 0.3) is 21.8 Å². The fourth-order valence-electron chi connectivity index (χ4n) is 2.83. The molecule has 0 radical (unpaired) electrons. The summed E-state index contributed by atoms with van der Waals surface area (Å²) in [5.41, 5.74) is 1.77. The molecule has 0 saturated heterocycles. The molecule has 3 N–H and O–H groups in total. The second kappa shape index (κ2) is 14.4. The summed E-state index contributed by atoms with van der Waals surface area (Å²) in [6.07, 6.45) is 2.13. The van der Waals surface area contributed by atoms with E-state index >= 15 is 0 Å². The Labute approximate surface area is 198 Å². The lowest BCUT2D eigenvalue weighted by molar-refractivity contribution is 0.0528. The molecule has 1 heterocycles. The molecule has 0 saturated carbocycles. The minimum absolute atomic E-state index is 0.328. The molecule has 3 aromatic rings. The maximum absolute atomic E-state index is 10.9. The summed E-state index contributed by atoms with van der Waals surface area (Å²) in [6, 6.07) is 14.1. The number of carbonyl (C=O) groups excluding carboxylic acids is 1. The van der Waals surface area contributed by atoms with Crippen molar-refractivity contribution in [3.8, 4) is 5.75 Å². The molecule has 3 rings (SSSR count). The molecule has 2 aromatic carbocycles. The van der Waals surface area contributed by atoms with Crippen molar-refractivity contribution in [3.05, 3.63) is 42.5 Å². The van der Waals surface area contributed by atoms with Gasteiger partial charge >= 0.3 is 6.09 Å². The quantitative estimate of drug-likeness (QED) is 0.379. The van der Waals surface area contributed by atoms with E-state index in [1.165, 1.54) is 6.42 Å². The van der Waals surface area contributed by atoms with Crippen molar-refractivity contribution in [2.45, 2.75) is 79.4 Å². The molecule has 6 nitrogen and oxygen atoms in total. The summed E-state index contributed by atoms with van der Waals surface area (Å²) in [4.78, 5) is 14.3. The van der Waals surface area contributed by atoms with E-state index in [1.54, 1.807) is 0 Å². The minimum Gasteiger partial charge on any atom is -0.490 e. The lowest BCUT2D eigenvalue weighted by Gasteiger charge is -2.19. The van der Waals surface area contributed by atoms with Crippen molar-refractivity contribution < 1.29 is 19.4 Å². The highest BCUT2D eigenvalue weighted by Gasteiger charge is 2.15. The Morgan fingerprint density at radius 2 is 1.67 bits per heavy atom. The van der Waals surface area contributed by atoms with Gasteiger partial charge in [0.2, 0.25) is 0 Å². The molecule has 1 atom stereocenters. The number of alkyl carbamates (subject to hydrolysis) is 1. The van der Waals surface area contributed by atoms with Gasteiger partial charge in [0, 0.05) is 22.8 Å². The highest BCUT2D eigenvalue weighted by Crippen LogP contribution is 2.32. The number of benzene rings is 2. The lowest BCUT2D eigenvalue weighted by Crippen LogP contribution is -2.32. The van der Waals surface area contributed by atoms with Crippen LogP contribution >= 0.6 is 0 Å². The summed E-state index contributed by atoms with van der Waals surface area (Å²) >= 11 is 0. The SMILES string of the molecule is CCC.CCC(O)COc1cccc2[nH]c3ccccc3c12.CCCNC(=O)OC(C)(C)C. The van der Waals surface area contributed by atoms with Gasteiger partial charge in [-0.3, -0.25) is 0 Å². The Morgan fingerprint density at radius 1 is 1.03 bits per heavy atom. The maximum Gasteiger partial charge on any atom is 0.407 e.